The molecule has 8 heteroatoms. The Morgan fingerprint density at radius 3 is 2.75 bits per heavy atom. The summed E-state index contributed by atoms with van der Waals surface area (Å²) in [6.45, 7) is 1.61. The first-order valence-electron chi connectivity index (χ1n) is 4.79. The molecule has 1 fully saturated rings. The largest absolute Gasteiger partial charge is 0.296 e. The van der Waals surface area contributed by atoms with Gasteiger partial charge in [-0.1, -0.05) is 5.21 Å². The maximum atomic E-state index is 11.1. The molecule has 1 aliphatic heterocycles. The van der Waals surface area contributed by atoms with Crippen molar-refractivity contribution in [3.8, 4) is 0 Å². The molecule has 0 N–H and O–H groups in total. The van der Waals surface area contributed by atoms with E-state index in [9.17, 15) is 13.2 Å². The van der Waals surface area contributed by atoms with Gasteiger partial charge in [-0.25, -0.2) is 12.7 Å². The summed E-state index contributed by atoms with van der Waals surface area (Å²) in [5, 5.41) is 7.39. The molecule has 0 amide bonds. The Labute approximate surface area is 93.1 Å². The summed E-state index contributed by atoms with van der Waals surface area (Å²) in [6.07, 6.45) is 3.38. The second-order valence-corrected chi connectivity index (χ2v) is 5.91. The highest BCUT2D eigenvalue weighted by Crippen LogP contribution is 2.19. The number of sulfonamides is 1. The lowest BCUT2D eigenvalue weighted by Gasteiger charge is -2.36. The highest BCUT2D eigenvalue weighted by atomic mass is 32.2. The molecule has 0 radical (unpaired) electrons. The van der Waals surface area contributed by atoms with Gasteiger partial charge in [0.05, 0.1) is 12.5 Å². The second-order valence-electron chi connectivity index (χ2n) is 3.93. The molecule has 16 heavy (non-hydrogen) atoms. The minimum absolute atomic E-state index is 0.246. The van der Waals surface area contributed by atoms with E-state index in [1.54, 1.807) is 10.9 Å². The lowest BCUT2D eigenvalue weighted by Crippen LogP contribution is -2.50. The Morgan fingerprint density at radius 2 is 2.25 bits per heavy atom. The molecule has 0 unspecified atom stereocenters. The van der Waals surface area contributed by atoms with Crippen LogP contribution in [0, 0.1) is 5.92 Å². The molecule has 1 saturated heterocycles. The third-order valence-electron chi connectivity index (χ3n) is 2.52. The van der Waals surface area contributed by atoms with Crippen LogP contribution in [-0.4, -0.2) is 53.3 Å². The Bertz CT molecular complexity index is 489. The zero-order valence-corrected chi connectivity index (χ0v) is 9.59. The van der Waals surface area contributed by atoms with Gasteiger partial charge >= 0.3 is 0 Å². The van der Waals surface area contributed by atoms with E-state index < -0.39 is 10.0 Å². The zero-order chi connectivity index (χ0) is 11.8. The first-order chi connectivity index (χ1) is 7.49. The van der Waals surface area contributed by atoms with Gasteiger partial charge < -0.3 is 0 Å². The number of hydrogen-bond acceptors (Lipinski definition) is 5. The van der Waals surface area contributed by atoms with Crippen molar-refractivity contribution in [3.05, 3.63) is 11.9 Å². The van der Waals surface area contributed by atoms with Crippen LogP contribution in [0.15, 0.2) is 6.20 Å². The van der Waals surface area contributed by atoms with E-state index in [-0.39, 0.29) is 5.92 Å². The number of hydrogen-bond donors (Lipinski definition) is 0. The van der Waals surface area contributed by atoms with E-state index in [0.29, 0.717) is 31.6 Å². The van der Waals surface area contributed by atoms with Gasteiger partial charge in [0.1, 0.15) is 5.69 Å². The quantitative estimate of drug-likeness (QED) is 0.633. The van der Waals surface area contributed by atoms with Gasteiger partial charge in [-0.05, 0) is 0 Å². The highest BCUT2D eigenvalue weighted by Gasteiger charge is 2.33. The molecule has 1 aromatic rings. The zero-order valence-electron chi connectivity index (χ0n) is 8.78. The SMILES string of the molecule is CS(=O)(=O)N1CC(Cn2cc(C=O)nn2)C1. The van der Waals surface area contributed by atoms with Crippen molar-refractivity contribution in [2.75, 3.05) is 19.3 Å². The molecule has 0 atom stereocenters. The van der Waals surface area contributed by atoms with E-state index in [2.05, 4.69) is 10.3 Å². The molecule has 0 aliphatic carbocycles. The van der Waals surface area contributed by atoms with Crippen molar-refractivity contribution < 1.29 is 13.2 Å². The van der Waals surface area contributed by atoms with E-state index >= 15 is 0 Å². The summed E-state index contributed by atoms with van der Waals surface area (Å²) in [5.74, 6) is 0.246. The lowest BCUT2D eigenvalue weighted by molar-refractivity contribution is 0.111. The maximum absolute atomic E-state index is 11.1. The van der Waals surface area contributed by atoms with E-state index in [1.807, 2.05) is 0 Å². The fraction of sp³-hybridized carbons (Fsp3) is 0.625. The van der Waals surface area contributed by atoms with Crippen LogP contribution in [-0.2, 0) is 16.6 Å². The van der Waals surface area contributed by atoms with Crippen LogP contribution in [0.5, 0.6) is 0 Å². The molecule has 1 aromatic heterocycles. The summed E-state index contributed by atoms with van der Waals surface area (Å²) >= 11 is 0. The van der Waals surface area contributed by atoms with Crippen LogP contribution < -0.4 is 0 Å². The molecule has 0 aromatic carbocycles. The third-order valence-corrected chi connectivity index (χ3v) is 3.75. The Kier molecular flexibility index (Phi) is 2.76. The minimum atomic E-state index is -3.06. The van der Waals surface area contributed by atoms with Crippen molar-refractivity contribution in [2.24, 2.45) is 5.92 Å². The fourth-order valence-electron chi connectivity index (χ4n) is 1.63. The molecule has 0 bridgehead atoms. The normalized spacial score (nSPS) is 18.3. The number of rotatable bonds is 4. The number of aromatic nitrogens is 3. The standard InChI is InChI=1S/C8H12N4O3S/c1-16(14,15)12-3-7(4-12)2-11-5-8(6-13)9-10-11/h5-7H,2-4H2,1H3. The summed E-state index contributed by atoms with van der Waals surface area (Å²) in [6, 6.07) is 0. The average Bonchev–Trinajstić information content (AvgIpc) is 2.56. The predicted octanol–water partition coefficient (Wildman–Crippen LogP) is -1.02. The molecule has 2 heterocycles. The van der Waals surface area contributed by atoms with E-state index in [1.165, 1.54) is 10.6 Å². The van der Waals surface area contributed by atoms with Gasteiger partial charge in [-0.15, -0.1) is 5.10 Å². The van der Waals surface area contributed by atoms with Gasteiger partial charge in [0.25, 0.3) is 0 Å². The Balaban J connectivity index is 1.88. The molecule has 88 valence electrons. The first-order valence-corrected chi connectivity index (χ1v) is 6.64. The summed E-state index contributed by atoms with van der Waals surface area (Å²) < 4.78 is 25.2. The monoisotopic (exact) mass is 244 g/mol. The second kappa shape index (κ2) is 3.95. The van der Waals surface area contributed by atoms with Crippen molar-refractivity contribution in [1.82, 2.24) is 19.3 Å². The third kappa shape index (κ3) is 2.27. The highest BCUT2D eigenvalue weighted by molar-refractivity contribution is 7.88. The molecular formula is C8H12N4O3S. The summed E-state index contributed by atoms with van der Waals surface area (Å²) in [7, 11) is -3.06. The van der Waals surface area contributed by atoms with Crippen LogP contribution in [0.1, 0.15) is 10.5 Å². The minimum Gasteiger partial charge on any atom is -0.296 e. The lowest BCUT2D eigenvalue weighted by atomic mass is 10.0. The van der Waals surface area contributed by atoms with Crippen molar-refractivity contribution in [1.29, 1.82) is 0 Å². The van der Waals surface area contributed by atoms with Gasteiger partial charge in [0.2, 0.25) is 10.0 Å². The molecule has 0 spiro atoms. The number of carbonyl (C=O) groups excluding carboxylic acids is 1. The topological polar surface area (TPSA) is 85.2 Å². The number of aldehydes is 1. The number of carbonyl (C=O) groups is 1. The fourth-order valence-corrected chi connectivity index (χ4v) is 2.59. The summed E-state index contributed by atoms with van der Waals surface area (Å²) in [5.41, 5.74) is 0.291. The maximum Gasteiger partial charge on any atom is 0.211 e. The molecule has 0 saturated carbocycles. The van der Waals surface area contributed by atoms with Crippen LogP contribution in [0.4, 0.5) is 0 Å². The van der Waals surface area contributed by atoms with E-state index in [0.717, 1.165) is 0 Å². The van der Waals surface area contributed by atoms with Crippen molar-refractivity contribution in [2.45, 2.75) is 6.54 Å². The van der Waals surface area contributed by atoms with Crippen LogP contribution >= 0.6 is 0 Å². The predicted molar refractivity (Wildman–Crippen MR) is 55.3 cm³/mol. The van der Waals surface area contributed by atoms with Crippen LogP contribution in [0.2, 0.25) is 0 Å². The molecule has 1 aliphatic rings. The van der Waals surface area contributed by atoms with Crippen molar-refractivity contribution >= 4 is 16.3 Å². The smallest absolute Gasteiger partial charge is 0.211 e. The van der Waals surface area contributed by atoms with Crippen molar-refractivity contribution in [3.63, 3.8) is 0 Å². The van der Waals surface area contributed by atoms with Gasteiger partial charge in [0, 0.05) is 25.6 Å². The molecule has 2 rings (SSSR count). The van der Waals surface area contributed by atoms with Gasteiger partial charge in [0.15, 0.2) is 6.29 Å². The van der Waals surface area contributed by atoms with Crippen LogP contribution in [0.3, 0.4) is 0 Å². The first kappa shape index (κ1) is 11.2. The average molecular weight is 244 g/mol. The van der Waals surface area contributed by atoms with Gasteiger partial charge in [-0.3, -0.25) is 9.48 Å². The number of nitrogens with zero attached hydrogens (tertiary/aromatic N) is 4. The van der Waals surface area contributed by atoms with E-state index in [4.69, 9.17) is 0 Å². The molecular weight excluding hydrogens is 232 g/mol. The Hall–Kier alpha value is -1.28. The molecule has 7 nitrogen and oxygen atoms in total. The summed E-state index contributed by atoms with van der Waals surface area (Å²) in [4.78, 5) is 10.4. The van der Waals surface area contributed by atoms with Gasteiger partial charge in [-0.2, -0.15) is 0 Å². The Morgan fingerprint density at radius 1 is 1.56 bits per heavy atom. The van der Waals surface area contributed by atoms with Crippen LogP contribution in [0.25, 0.3) is 0 Å².